The molecule has 1 fully saturated rings. The molecule has 19 heavy (non-hydrogen) atoms. The van der Waals surface area contributed by atoms with Gasteiger partial charge in [0.15, 0.2) is 0 Å². The van der Waals surface area contributed by atoms with Crippen molar-refractivity contribution in [2.45, 2.75) is 33.2 Å². The van der Waals surface area contributed by atoms with Gasteiger partial charge in [-0.1, -0.05) is 13.8 Å². The molecule has 4 nitrogen and oxygen atoms in total. The van der Waals surface area contributed by atoms with Gasteiger partial charge in [-0.25, -0.2) is 0 Å². The second-order valence-electron chi connectivity index (χ2n) is 6.26. The first kappa shape index (κ1) is 12.2. The number of aromatic nitrogens is 2. The van der Waals surface area contributed by atoms with Crippen LogP contribution in [0.25, 0.3) is 11.0 Å². The van der Waals surface area contributed by atoms with E-state index in [4.69, 9.17) is 0 Å². The Hall–Kier alpha value is -1.84. The van der Waals surface area contributed by atoms with Gasteiger partial charge < -0.3 is 9.88 Å². The molecule has 2 aromatic heterocycles. The number of rotatable bonds is 1. The first-order valence-electron chi connectivity index (χ1n) is 6.71. The van der Waals surface area contributed by atoms with Crippen LogP contribution in [-0.4, -0.2) is 22.6 Å². The Morgan fingerprint density at radius 2 is 2.26 bits per heavy atom. The standard InChI is InChI=1S/C15H19N3O/c1-10-8-15(2,3)9-18(10)12-7-13(19)17-11-5-4-6-16-14(11)12/h4-7,10H,8-9H2,1-3H3,(H,17,19). The summed E-state index contributed by atoms with van der Waals surface area (Å²) in [5.41, 5.74) is 2.86. The van der Waals surface area contributed by atoms with Gasteiger partial charge in [0.25, 0.3) is 5.56 Å². The summed E-state index contributed by atoms with van der Waals surface area (Å²) in [6.07, 6.45) is 2.91. The summed E-state index contributed by atoms with van der Waals surface area (Å²) >= 11 is 0. The highest BCUT2D eigenvalue weighted by Gasteiger charge is 2.35. The smallest absolute Gasteiger partial charge is 0.250 e. The summed E-state index contributed by atoms with van der Waals surface area (Å²) in [6.45, 7) is 7.71. The molecule has 3 rings (SSSR count). The van der Waals surface area contributed by atoms with Crippen molar-refractivity contribution in [2.75, 3.05) is 11.4 Å². The number of fused-ring (bicyclic) bond motifs is 1. The Labute approximate surface area is 112 Å². The Bertz CT molecular complexity index is 674. The monoisotopic (exact) mass is 257 g/mol. The van der Waals surface area contributed by atoms with Crippen LogP contribution >= 0.6 is 0 Å². The van der Waals surface area contributed by atoms with Crippen LogP contribution in [0.1, 0.15) is 27.2 Å². The maximum Gasteiger partial charge on any atom is 0.250 e. The summed E-state index contributed by atoms with van der Waals surface area (Å²) in [5, 5.41) is 0. The van der Waals surface area contributed by atoms with Crippen molar-refractivity contribution in [1.29, 1.82) is 0 Å². The van der Waals surface area contributed by atoms with Gasteiger partial charge in [-0.2, -0.15) is 0 Å². The molecule has 1 atom stereocenters. The SMILES string of the molecule is CC1CC(C)(C)CN1c1cc(=O)[nH]c2cccnc12. The molecule has 2 aromatic rings. The first-order valence-corrected chi connectivity index (χ1v) is 6.71. The van der Waals surface area contributed by atoms with Crippen LogP contribution in [0.2, 0.25) is 0 Å². The quantitative estimate of drug-likeness (QED) is 0.854. The fraction of sp³-hybridized carbons (Fsp3) is 0.467. The van der Waals surface area contributed by atoms with E-state index in [1.54, 1.807) is 12.3 Å². The van der Waals surface area contributed by atoms with Crippen LogP contribution in [0.5, 0.6) is 0 Å². The molecule has 0 aliphatic carbocycles. The van der Waals surface area contributed by atoms with Gasteiger partial charge in [-0.05, 0) is 30.9 Å². The van der Waals surface area contributed by atoms with E-state index in [-0.39, 0.29) is 11.0 Å². The summed E-state index contributed by atoms with van der Waals surface area (Å²) in [7, 11) is 0. The molecule has 0 radical (unpaired) electrons. The van der Waals surface area contributed by atoms with Crippen molar-refractivity contribution in [3.63, 3.8) is 0 Å². The molecular weight excluding hydrogens is 238 g/mol. The first-order chi connectivity index (χ1) is 8.96. The fourth-order valence-corrected chi connectivity index (χ4v) is 3.20. The van der Waals surface area contributed by atoms with Crippen LogP contribution in [0.4, 0.5) is 5.69 Å². The largest absolute Gasteiger partial charge is 0.366 e. The molecule has 1 unspecified atom stereocenters. The van der Waals surface area contributed by atoms with Crippen molar-refractivity contribution >= 4 is 16.7 Å². The molecule has 0 aromatic carbocycles. The summed E-state index contributed by atoms with van der Waals surface area (Å²) in [4.78, 5) is 21.4. The lowest BCUT2D eigenvalue weighted by molar-refractivity contribution is 0.406. The minimum absolute atomic E-state index is 0.0626. The van der Waals surface area contributed by atoms with E-state index in [2.05, 4.69) is 35.6 Å². The van der Waals surface area contributed by atoms with Gasteiger partial charge in [0.2, 0.25) is 0 Å². The molecule has 4 heteroatoms. The van der Waals surface area contributed by atoms with E-state index in [1.165, 1.54) is 0 Å². The van der Waals surface area contributed by atoms with Crippen molar-refractivity contribution in [1.82, 2.24) is 9.97 Å². The molecule has 0 amide bonds. The zero-order valence-electron chi connectivity index (χ0n) is 11.6. The number of H-pyrrole nitrogens is 1. The summed E-state index contributed by atoms with van der Waals surface area (Å²) in [5.74, 6) is 0. The lowest BCUT2D eigenvalue weighted by atomic mass is 9.91. The Kier molecular flexibility index (Phi) is 2.62. The van der Waals surface area contributed by atoms with E-state index in [0.29, 0.717) is 6.04 Å². The fourth-order valence-electron chi connectivity index (χ4n) is 3.20. The number of aromatic amines is 1. The summed E-state index contributed by atoms with van der Waals surface area (Å²) in [6, 6.07) is 5.85. The molecule has 100 valence electrons. The van der Waals surface area contributed by atoms with Gasteiger partial charge in [0.1, 0.15) is 5.52 Å². The lowest BCUT2D eigenvalue weighted by Crippen LogP contribution is -2.29. The second-order valence-corrected chi connectivity index (χ2v) is 6.26. The van der Waals surface area contributed by atoms with Gasteiger partial charge >= 0.3 is 0 Å². The van der Waals surface area contributed by atoms with Gasteiger partial charge in [-0.15, -0.1) is 0 Å². The van der Waals surface area contributed by atoms with E-state index < -0.39 is 0 Å². The molecule has 1 aliphatic rings. The van der Waals surface area contributed by atoms with Gasteiger partial charge in [0, 0.05) is 24.8 Å². The number of hydrogen-bond donors (Lipinski definition) is 1. The topological polar surface area (TPSA) is 49.0 Å². The average molecular weight is 257 g/mol. The minimum Gasteiger partial charge on any atom is -0.366 e. The van der Waals surface area contributed by atoms with Crippen molar-refractivity contribution in [3.05, 3.63) is 34.7 Å². The maximum absolute atomic E-state index is 11.8. The van der Waals surface area contributed by atoms with E-state index in [1.807, 2.05) is 12.1 Å². The number of anilines is 1. The Morgan fingerprint density at radius 3 is 2.95 bits per heavy atom. The van der Waals surface area contributed by atoms with Crippen LogP contribution < -0.4 is 10.5 Å². The zero-order chi connectivity index (χ0) is 13.6. The minimum atomic E-state index is -0.0626. The maximum atomic E-state index is 11.8. The van der Waals surface area contributed by atoms with Crippen LogP contribution in [0, 0.1) is 5.41 Å². The number of nitrogens with zero attached hydrogens (tertiary/aromatic N) is 2. The highest BCUT2D eigenvalue weighted by Crippen LogP contribution is 2.38. The number of pyridine rings is 2. The average Bonchev–Trinajstić information content (AvgIpc) is 2.61. The van der Waals surface area contributed by atoms with Crippen LogP contribution in [0.3, 0.4) is 0 Å². The lowest BCUT2D eigenvalue weighted by Gasteiger charge is -2.25. The zero-order valence-corrected chi connectivity index (χ0v) is 11.6. The van der Waals surface area contributed by atoms with E-state index >= 15 is 0 Å². The molecule has 1 aliphatic heterocycles. The highest BCUT2D eigenvalue weighted by atomic mass is 16.1. The third kappa shape index (κ3) is 2.11. The van der Waals surface area contributed by atoms with Crippen molar-refractivity contribution in [3.8, 4) is 0 Å². The molecule has 0 saturated carbocycles. The molecule has 3 heterocycles. The van der Waals surface area contributed by atoms with E-state index in [0.717, 1.165) is 29.7 Å². The third-order valence-corrected chi connectivity index (χ3v) is 3.86. The number of hydrogen-bond acceptors (Lipinski definition) is 3. The highest BCUT2D eigenvalue weighted by molar-refractivity contribution is 5.87. The number of nitrogens with one attached hydrogen (secondary N) is 1. The Morgan fingerprint density at radius 1 is 1.47 bits per heavy atom. The third-order valence-electron chi connectivity index (χ3n) is 3.86. The van der Waals surface area contributed by atoms with Gasteiger partial charge in [-0.3, -0.25) is 9.78 Å². The predicted octanol–water partition coefficient (Wildman–Crippen LogP) is 2.55. The van der Waals surface area contributed by atoms with Crippen LogP contribution in [-0.2, 0) is 0 Å². The molecule has 0 spiro atoms. The Balaban J connectivity index is 2.18. The van der Waals surface area contributed by atoms with Crippen LogP contribution in [0.15, 0.2) is 29.2 Å². The van der Waals surface area contributed by atoms with Crippen molar-refractivity contribution < 1.29 is 0 Å². The molecule has 0 bridgehead atoms. The molecule has 1 saturated heterocycles. The predicted molar refractivity (Wildman–Crippen MR) is 77.6 cm³/mol. The van der Waals surface area contributed by atoms with Gasteiger partial charge in [0.05, 0.1) is 11.2 Å². The summed E-state index contributed by atoms with van der Waals surface area (Å²) < 4.78 is 0. The second kappa shape index (κ2) is 4.08. The molecular formula is C15H19N3O. The van der Waals surface area contributed by atoms with E-state index in [9.17, 15) is 4.79 Å². The molecule has 1 N–H and O–H groups in total. The normalized spacial score (nSPS) is 22.1. The van der Waals surface area contributed by atoms with Crippen molar-refractivity contribution in [2.24, 2.45) is 5.41 Å².